The number of pyridine rings is 1. The molecule has 0 aliphatic carbocycles. The summed E-state index contributed by atoms with van der Waals surface area (Å²) in [6.07, 6.45) is 14.9. The van der Waals surface area contributed by atoms with E-state index in [1.807, 2.05) is 41.5 Å². The van der Waals surface area contributed by atoms with E-state index >= 15 is 0 Å². The molecule has 0 aromatic carbocycles. The lowest BCUT2D eigenvalue weighted by Crippen LogP contribution is -2.51. The number of fused-ring (bicyclic) bond motifs is 1. The van der Waals surface area contributed by atoms with Crippen molar-refractivity contribution >= 4 is 17.4 Å². The molecule has 0 bridgehead atoms. The van der Waals surface area contributed by atoms with E-state index in [1.54, 1.807) is 34.2 Å². The maximum atomic E-state index is 11.9. The molecule has 1 N–H and O–H groups in total. The molecule has 2 aliphatic heterocycles. The van der Waals surface area contributed by atoms with Gasteiger partial charge in [-0.3, -0.25) is 4.68 Å². The molecule has 0 spiro atoms. The van der Waals surface area contributed by atoms with Crippen LogP contribution in [0, 0.1) is 16.7 Å². The van der Waals surface area contributed by atoms with Gasteiger partial charge in [0, 0.05) is 67.5 Å². The number of nitrogens with zero attached hydrogens (tertiary/aromatic N) is 11. The van der Waals surface area contributed by atoms with E-state index in [1.165, 1.54) is 0 Å². The molecule has 47 heavy (non-hydrogen) atoms. The molecule has 2 saturated heterocycles. The van der Waals surface area contributed by atoms with Crippen LogP contribution >= 0.6 is 0 Å². The van der Waals surface area contributed by atoms with Gasteiger partial charge in [0.25, 0.3) is 0 Å². The highest BCUT2D eigenvalue weighted by atomic mass is 16.4. The number of carbonyl (C=O) groups is 1. The Balaban J connectivity index is 1.15. The first-order chi connectivity index (χ1) is 22.7. The molecule has 240 valence electrons. The second kappa shape index (κ2) is 12.1. The van der Waals surface area contributed by atoms with Gasteiger partial charge >= 0.3 is 6.09 Å². The highest BCUT2D eigenvalue weighted by Gasteiger charge is 2.39. The molecule has 13 heteroatoms. The van der Waals surface area contributed by atoms with Crippen molar-refractivity contribution in [3.63, 3.8) is 0 Å². The Morgan fingerprint density at radius 2 is 1.74 bits per heavy atom. The van der Waals surface area contributed by atoms with Gasteiger partial charge in [-0.25, -0.2) is 29.2 Å². The first-order valence-electron chi connectivity index (χ1n) is 16.0. The Hall–Kier alpha value is -5.38. The molecule has 5 aromatic rings. The van der Waals surface area contributed by atoms with Crippen molar-refractivity contribution in [3.05, 3.63) is 73.0 Å². The number of nitriles is 1. The minimum atomic E-state index is -0.879. The summed E-state index contributed by atoms with van der Waals surface area (Å²) in [5.41, 5.74) is 3.72. The van der Waals surface area contributed by atoms with Gasteiger partial charge in [-0.05, 0) is 49.3 Å². The molecular formula is C34H37N11O2. The van der Waals surface area contributed by atoms with Crippen LogP contribution in [0.1, 0.15) is 69.8 Å². The predicted molar refractivity (Wildman–Crippen MR) is 175 cm³/mol. The van der Waals surface area contributed by atoms with Crippen molar-refractivity contribution < 1.29 is 9.90 Å². The molecule has 2 atom stereocenters. The third-order valence-electron chi connectivity index (χ3n) is 9.50. The summed E-state index contributed by atoms with van der Waals surface area (Å²) >= 11 is 0. The van der Waals surface area contributed by atoms with Crippen molar-refractivity contribution in [1.29, 1.82) is 5.26 Å². The van der Waals surface area contributed by atoms with Crippen LogP contribution in [-0.2, 0) is 0 Å². The van der Waals surface area contributed by atoms with Gasteiger partial charge in [0.05, 0.1) is 36.0 Å². The Kier molecular flexibility index (Phi) is 7.79. The molecule has 2 fully saturated rings. The largest absolute Gasteiger partial charge is 0.465 e. The van der Waals surface area contributed by atoms with Gasteiger partial charge in [0.1, 0.15) is 28.8 Å². The second-order valence-electron chi connectivity index (χ2n) is 13.5. The number of piperidine rings is 2. The molecule has 0 saturated carbocycles. The van der Waals surface area contributed by atoms with Crippen molar-refractivity contribution in [3.8, 4) is 28.6 Å². The van der Waals surface area contributed by atoms with E-state index in [0.29, 0.717) is 47.8 Å². The fourth-order valence-electron chi connectivity index (χ4n) is 6.94. The summed E-state index contributed by atoms with van der Waals surface area (Å²) in [7, 11) is 0. The fraction of sp³-hybridized carbons (Fsp3) is 0.412. The smallest absolute Gasteiger partial charge is 0.407 e. The maximum Gasteiger partial charge on any atom is 0.407 e. The molecule has 7 rings (SSSR count). The first-order valence-corrected chi connectivity index (χ1v) is 16.0. The van der Waals surface area contributed by atoms with Crippen molar-refractivity contribution in [2.75, 3.05) is 24.5 Å². The predicted octanol–water partition coefficient (Wildman–Crippen LogP) is 5.43. The average molecular weight is 632 g/mol. The minimum absolute atomic E-state index is 0.0590. The summed E-state index contributed by atoms with van der Waals surface area (Å²) in [5, 5.41) is 28.8. The lowest BCUT2D eigenvalue weighted by Gasteiger charge is -2.44. The summed E-state index contributed by atoms with van der Waals surface area (Å²) in [6.45, 7) is 8.42. The highest BCUT2D eigenvalue weighted by molar-refractivity contribution is 5.83. The van der Waals surface area contributed by atoms with Crippen molar-refractivity contribution in [2.24, 2.45) is 5.41 Å². The van der Waals surface area contributed by atoms with Gasteiger partial charge < -0.3 is 14.9 Å². The van der Waals surface area contributed by atoms with Crippen LogP contribution in [0.3, 0.4) is 0 Å². The highest BCUT2D eigenvalue weighted by Crippen LogP contribution is 2.37. The quantitative estimate of drug-likeness (QED) is 0.266. The van der Waals surface area contributed by atoms with E-state index in [0.717, 1.165) is 48.7 Å². The Bertz CT molecular complexity index is 1930. The van der Waals surface area contributed by atoms with Crippen LogP contribution in [0.5, 0.6) is 0 Å². The molecule has 13 nitrogen and oxygen atoms in total. The molecule has 0 radical (unpaired) electrons. The van der Waals surface area contributed by atoms with E-state index in [9.17, 15) is 15.2 Å². The Morgan fingerprint density at radius 3 is 2.43 bits per heavy atom. The topological polar surface area (TPSA) is 154 Å². The van der Waals surface area contributed by atoms with Gasteiger partial charge in [-0.2, -0.15) is 15.5 Å². The zero-order valence-electron chi connectivity index (χ0n) is 26.7. The van der Waals surface area contributed by atoms with E-state index in [4.69, 9.17) is 15.1 Å². The SMILES string of the molecule is CC(C)(C)C1CC(n2cc(-c3cn4ncc(C#N)c4c(-c4ccc(N5CCC(c6ncccn6)CC5)nc4)n3)cn2)CCN1C(=O)O. The Labute approximate surface area is 272 Å². The maximum absolute atomic E-state index is 11.9. The number of hydrogen-bond acceptors (Lipinski definition) is 9. The number of rotatable bonds is 5. The summed E-state index contributed by atoms with van der Waals surface area (Å²) in [4.78, 5) is 34.5. The van der Waals surface area contributed by atoms with Crippen molar-refractivity contribution in [1.82, 2.24) is 44.2 Å². The lowest BCUT2D eigenvalue weighted by atomic mass is 9.79. The monoisotopic (exact) mass is 631 g/mol. The summed E-state index contributed by atoms with van der Waals surface area (Å²) in [6, 6.07) is 8.04. The third-order valence-corrected chi connectivity index (χ3v) is 9.50. The zero-order chi connectivity index (χ0) is 32.7. The fourth-order valence-corrected chi connectivity index (χ4v) is 6.94. The van der Waals surface area contributed by atoms with E-state index in [-0.39, 0.29) is 17.5 Å². The number of amides is 1. The van der Waals surface area contributed by atoms with Gasteiger partial charge in [0.15, 0.2) is 0 Å². The summed E-state index contributed by atoms with van der Waals surface area (Å²) < 4.78 is 3.63. The molecular weight excluding hydrogens is 594 g/mol. The number of hydrogen-bond donors (Lipinski definition) is 1. The van der Waals surface area contributed by atoms with Crippen LogP contribution in [0.4, 0.5) is 10.6 Å². The Morgan fingerprint density at radius 1 is 0.957 bits per heavy atom. The number of carboxylic acid groups (broad SMARTS) is 1. The lowest BCUT2D eigenvalue weighted by molar-refractivity contribution is 0.0408. The van der Waals surface area contributed by atoms with E-state index < -0.39 is 6.09 Å². The normalized spacial score (nSPS) is 19.2. The third kappa shape index (κ3) is 5.87. The molecule has 7 heterocycles. The second-order valence-corrected chi connectivity index (χ2v) is 13.5. The van der Waals surface area contributed by atoms with Crippen LogP contribution in [0.25, 0.3) is 28.0 Å². The van der Waals surface area contributed by atoms with E-state index in [2.05, 4.69) is 46.8 Å². The number of likely N-dealkylation sites (tertiary alicyclic amines) is 1. The van der Waals surface area contributed by atoms with Gasteiger partial charge in [-0.15, -0.1) is 0 Å². The minimum Gasteiger partial charge on any atom is -0.465 e. The number of anilines is 1. The zero-order valence-corrected chi connectivity index (χ0v) is 26.7. The molecule has 2 aliphatic rings. The molecule has 5 aromatic heterocycles. The number of aromatic nitrogens is 8. The standard InChI is InChI=1S/C34H37N11O2/c1-34(2,3)28-15-26(9-14-43(28)33(46)47)44-20-25(19-39-44)27-21-45-31(24(16-35)18-40-45)30(41-27)23-5-6-29(38-17-23)42-12-7-22(8-13-42)32-36-10-4-11-37-32/h4-6,10-11,17-22,26,28H,7-9,12-15H2,1-3H3,(H,46,47). The molecule has 2 unspecified atom stereocenters. The van der Waals surface area contributed by atoms with Crippen molar-refractivity contribution in [2.45, 2.75) is 64.5 Å². The molecule has 1 amide bonds. The van der Waals surface area contributed by atoms with Crippen LogP contribution in [0.2, 0.25) is 0 Å². The van der Waals surface area contributed by atoms with Crippen LogP contribution in [-0.4, -0.2) is 81.1 Å². The summed E-state index contributed by atoms with van der Waals surface area (Å²) in [5.74, 6) is 2.15. The van der Waals surface area contributed by atoms with Gasteiger partial charge in [-0.1, -0.05) is 20.8 Å². The first kappa shape index (κ1) is 30.3. The average Bonchev–Trinajstić information content (AvgIpc) is 3.76. The van der Waals surface area contributed by atoms with Crippen LogP contribution < -0.4 is 4.90 Å². The van der Waals surface area contributed by atoms with Gasteiger partial charge in [0.2, 0.25) is 0 Å². The van der Waals surface area contributed by atoms with Crippen LogP contribution in [0.15, 0.2) is 61.6 Å².